The summed E-state index contributed by atoms with van der Waals surface area (Å²) in [4.78, 5) is 9.42. The zero-order valence-corrected chi connectivity index (χ0v) is 12.9. The maximum Gasteiger partial charge on any atom is 0.137 e. The van der Waals surface area contributed by atoms with Gasteiger partial charge in [0.2, 0.25) is 0 Å². The molecule has 110 valence electrons. The molecule has 1 aliphatic heterocycles. The largest absolute Gasteiger partial charge is 0.329 e. The molecule has 1 unspecified atom stereocenters. The van der Waals surface area contributed by atoms with Crippen LogP contribution in [0.5, 0.6) is 0 Å². The van der Waals surface area contributed by atoms with Gasteiger partial charge in [0.1, 0.15) is 5.82 Å². The number of hydrogen-bond acceptors (Lipinski definition) is 3. The molecule has 0 aliphatic carbocycles. The number of aromatic nitrogens is 1. The van der Waals surface area contributed by atoms with Gasteiger partial charge in [-0.25, -0.2) is 4.98 Å². The molecule has 0 saturated carbocycles. The van der Waals surface area contributed by atoms with Crippen molar-refractivity contribution < 1.29 is 0 Å². The van der Waals surface area contributed by atoms with Crippen LogP contribution in [0.3, 0.4) is 0 Å². The Morgan fingerprint density at radius 2 is 2.00 bits per heavy atom. The molecule has 3 nitrogen and oxygen atoms in total. The summed E-state index contributed by atoms with van der Waals surface area (Å²) >= 11 is 0. The van der Waals surface area contributed by atoms with Crippen molar-refractivity contribution >= 4 is 11.5 Å². The number of para-hydroxylation sites is 1. The van der Waals surface area contributed by atoms with Crippen molar-refractivity contribution in [3.05, 3.63) is 54.2 Å². The van der Waals surface area contributed by atoms with E-state index in [2.05, 4.69) is 65.2 Å². The quantitative estimate of drug-likeness (QED) is 0.844. The lowest BCUT2D eigenvalue weighted by Crippen LogP contribution is -2.25. The monoisotopic (exact) mass is 281 g/mol. The lowest BCUT2D eigenvalue weighted by molar-refractivity contribution is 0.271. The van der Waals surface area contributed by atoms with Gasteiger partial charge in [-0.05, 0) is 44.1 Å². The second kappa shape index (κ2) is 6.27. The number of hydrogen-bond donors (Lipinski definition) is 0. The lowest BCUT2D eigenvalue weighted by atomic mass is 10.0. The minimum absolute atomic E-state index is 0.505. The van der Waals surface area contributed by atoms with Crippen molar-refractivity contribution in [1.82, 2.24) is 9.88 Å². The summed E-state index contributed by atoms with van der Waals surface area (Å²) in [6.45, 7) is 4.55. The van der Waals surface area contributed by atoms with E-state index in [9.17, 15) is 0 Å². The molecule has 3 rings (SSSR count). The molecule has 1 atom stereocenters. The maximum atomic E-state index is 4.67. The van der Waals surface area contributed by atoms with Gasteiger partial charge in [-0.1, -0.05) is 31.2 Å². The van der Waals surface area contributed by atoms with E-state index in [-0.39, 0.29) is 0 Å². The molecular formula is C18H23N3. The fraction of sp³-hybridized carbons (Fsp3) is 0.389. The molecule has 1 saturated heterocycles. The number of pyridine rings is 1. The predicted molar refractivity (Wildman–Crippen MR) is 88.0 cm³/mol. The van der Waals surface area contributed by atoms with E-state index >= 15 is 0 Å². The summed E-state index contributed by atoms with van der Waals surface area (Å²) in [6.07, 6.45) is 4.40. The van der Waals surface area contributed by atoms with E-state index in [1.165, 1.54) is 30.6 Å². The Hall–Kier alpha value is -1.87. The fourth-order valence-electron chi connectivity index (χ4n) is 3.28. The van der Waals surface area contributed by atoms with Gasteiger partial charge in [-0.15, -0.1) is 0 Å². The second-order valence-electron chi connectivity index (χ2n) is 5.60. The number of benzene rings is 1. The minimum Gasteiger partial charge on any atom is -0.329 e. The Morgan fingerprint density at radius 3 is 2.76 bits per heavy atom. The van der Waals surface area contributed by atoms with E-state index < -0.39 is 0 Å². The van der Waals surface area contributed by atoms with Crippen molar-refractivity contribution in [1.29, 1.82) is 0 Å². The number of nitrogens with zero attached hydrogens (tertiary/aromatic N) is 3. The van der Waals surface area contributed by atoms with Crippen LogP contribution >= 0.6 is 0 Å². The first kappa shape index (κ1) is 14.1. The summed E-state index contributed by atoms with van der Waals surface area (Å²) < 4.78 is 0. The highest BCUT2D eigenvalue weighted by Crippen LogP contribution is 2.37. The predicted octanol–water partition coefficient (Wildman–Crippen LogP) is 4.01. The van der Waals surface area contributed by atoms with Crippen LogP contribution in [-0.2, 0) is 0 Å². The first-order chi connectivity index (χ1) is 10.3. The molecule has 0 bridgehead atoms. The van der Waals surface area contributed by atoms with Crippen LogP contribution in [0.15, 0.2) is 48.7 Å². The Balaban J connectivity index is 1.96. The van der Waals surface area contributed by atoms with Crippen LogP contribution < -0.4 is 4.90 Å². The van der Waals surface area contributed by atoms with Crippen LogP contribution in [0.2, 0.25) is 0 Å². The molecule has 3 heteroatoms. The molecule has 0 spiro atoms. The Morgan fingerprint density at radius 1 is 1.19 bits per heavy atom. The SMILES string of the molecule is CCN1CCCC1c1cccnc1N(C)c1ccccc1. The van der Waals surface area contributed by atoms with Crippen molar-refractivity contribution in [3.8, 4) is 0 Å². The summed E-state index contributed by atoms with van der Waals surface area (Å²) in [5.74, 6) is 1.08. The average Bonchev–Trinajstić information content (AvgIpc) is 3.03. The number of likely N-dealkylation sites (tertiary alicyclic amines) is 1. The third-order valence-corrected chi connectivity index (χ3v) is 4.41. The summed E-state index contributed by atoms with van der Waals surface area (Å²) in [5.41, 5.74) is 2.53. The molecule has 2 aromatic rings. The molecular weight excluding hydrogens is 258 g/mol. The standard InChI is InChI=1S/C18H23N3/c1-3-21-14-8-12-17(21)16-11-7-13-19-18(16)20(2)15-9-5-4-6-10-15/h4-7,9-11,13,17H,3,8,12,14H2,1-2H3. The topological polar surface area (TPSA) is 19.4 Å². The first-order valence-corrected chi connectivity index (χ1v) is 7.79. The number of rotatable bonds is 4. The Labute approximate surface area is 127 Å². The molecule has 2 heterocycles. The molecule has 1 aliphatic rings. The average molecular weight is 281 g/mol. The fourth-order valence-corrected chi connectivity index (χ4v) is 3.28. The van der Waals surface area contributed by atoms with Crippen molar-refractivity contribution in [2.45, 2.75) is 25.8 Å². The molecule has 1 aromatic heterocycles. The van der Waals surface area contributed by atoms with Gasteiger partial charge in [-0.2, -0.15) is 0 Å². The van der Waals surface area contributed by atoms with Crippen molar-refractivity contribution in [2.75, 3.05) is 25.0 Å². The Bertz CT molecular complexity index is 582. The zero-order chi connectivity index (χ0) is 14.7. The lowest BCUT2D eigenvalue weighted by Gasteiger charge is -2.28. The molecule has 0 N–H and O–H groups in total. The molecule has 1 fully saturated rings. The normalized spacial score (nSPS) is 18.9. The third kappa shape index (κ3) is 2.79. The van der Waals surface area contributed by atoms with Crippen LogP contribution in [0.1, 0.15) is 31.4 Å². The highest BCUT2D eigenvalue weighted by atomic mass is 15.2. The molecule has 0 amide bonds. The second-order valence-corrected chi connectivity index (χ2v) is 5.60. The zero-order valence-electron chi connectivity index (χ0n) is 12.9. The van der Waals surface area contributed by atoms with E-state index in [0.717, 1.165) is 12.4 Å². The van der Waals surface area contributed by atoms with Gasteiger partial charge in [0.05, 0.1) is 0 Å². The summed E-state index contributed by atoms with van der Waals surface area (Å²) in [7, 11) is 2.10. The molecule has 1 aromatic carbocycles. The van der Waals surface area contributed by atoms with Crippen LogP contribution in [0.4, 0.5) is 11.5 Å². The van der Waals surface area contributed by atoms with Gasteiger partial charge in [0.25, 0.3) is 0 Å². The van der Waals surface area contributed by atoms with Crippen LogP contribution in [-0.4, -0.2) is 30.0 Å². The summed E-state index contributed by atoms with van der Waals surface area (Å²) in [5, 5.41) is 0. The number of anilines is 2. The van der Waals surface area contributed by atoms with E-state index in [1.54, 1.807) is 0 Å². The highest BCUT2D eigenvalue weighted by molar-refractivity contribution is 5.62. The maximum absolute atomic E-state index is 4.67. The van der Waals surface area contributed by atoms with Crippen molar-refractivity contribution in [3.63, 3.8) is 0 Å². The van der Waals surface area contributed by atoms with Gasteiger partial charge in [0, 0.05) is 30.5 Å². The van der Waals surface area contributed by atoms with E-state index in [1.807, 2.05) is 12.3 Å². The Kier molecular flexibility index (Phi) is 4.20. The van der Waals surface area contributed by atoms with Gasteiger partial charge in [0.15, 0.2) is 0 Å². The highest BCUT2D eigenvalue weighted by Gasteiger charge is 2.27. The van der Waals surface area contributed by atoms with Gasteiger partial charge in [-0.3, -0.25) is 4.90 Å². The summed E-state index contributed by atoms with van der Waals surface area (Å²) in [6, 6.07) is 15.3. The van der Waals surface area contributed by atoms with Gasteiger partial charge < -0.3 is 4.90 Å². The van der Waals surface area contributed by atoms with Crippen LogP contribution in [0.25, 0.3) is 0 Å². The van der Waals surface area contributed by atoms with Crippen molar-refractivity contribution in [2.24, 2.45) is 0 Å². The third-order valence-electron chi connectivity index (χ3n) is 4.41. The minimum atomic E-state index is 0.505. The van der Waals surface area contributed by atoms with E-state index in [0.29, 0.717) is 6.04 Å². The molecule has 0 radical (unpaired) electrons. The van der Waals surface area contributed by atoms with Crippen LogP contribution in [0, 0.1) is 0 Å². The van der Waals surface area contributed by atoms with Gasteiger partial charge >= 0.3 is 0 Å². The van der Waals surface area contributed by atoms with E-state index in [4.69, 9.17) is 0 Å². The molecule has 21 heavy (non-hydrogen) atoms. The smallest absolute Gasteiger partial charge is 0.137 e. The first-order valence-electron chi connectivity index (χ1n) is 7.79.